The maximum Gasteiger partial charge on any atom is 0.138 e. The Hall–Kier alpha value is -1.25. The molecule has 0 amide bonds. The lowest BCUT2D eigenvalue weighted by Crippen LogP contribution is -2.11. The molecule has 3 heteroatoms. The molecule has 76 valence electrons. The Kier molecular flexibility index (Phi) is 3.33. The van der Waals surface area contributed by atoms with Crippen LogP contribution in [0.25, 0.3) is 0 Å². The molecule has 1 unspecified atom stereocenters. The van der Waals surface area contributed by atoms with E-state index in [2.05, 4.69) is 9.97 Å². The molecule has 0 fully saturated rings. The molecular formula is C11H16N2O. The first-order valence-electron chi connectivity index (χ1n) is 4.87. The van der Waals surface area contributed by atoms with Crippen LogP contribution in [0.15, 0.2) is 6.07 Å². The molecule has 0 aliphatic rings. The Labute approximate surface area is 84.6 Å². The zero-order chi connectivity index (χ0) is 10.7. The van der Waals surface area contributed by atoms with Crippen LogP contribution < -0.4 is 0 Å². The van der Waals surface area contributed by atoms with Gasteiger partial charge in [-0.15, -0.1) is 0 Å². The molecule has 0 aliphatic carbocycles. The topological polar surface area (TPSA) is 42.9 Å². The first-order valence-corrected chi connectivity index (χ1v) is 4.87. The largest absolute Gasteiger partial charge is 0.299 e. The molecule has 0 radical (unpaired) electrons. The van der Waals surface area contributed by atoms with Gasteiger partial charge in [-0.1, -0.05) is 6.92 Å². The number of hydrogen-bond acceptors (Lipinski definition) is 3. The maximum atomic E-state index is 11.3. The minimum atomic E-state index is -0.0737. The highest BCUT2D eigenvalue weighted by molar-refractivity contribution is 5.82. The zero-order valence-corrected chi connectivity index (χ0v) is 9.16. The van der Waals surface area contributed by atoms with Crippen molar-refractivity contribution in [2.75, 3.05) is 0 Å². The van der Waals surface area contributed by atoms with Gasteiger partial charge < -0.3 is 0 Å². The van der Waals surface area contributed by atoms with E-state index in [1.165, 1.54) is 0 Å². The Morgan fingerprint density at radius 1 is 1.43 bits per heavy atom. The molecule has 0 aliphatic heterocycles. The third kappa shape index (κ3) is 2.37. The fourth-order valence-corrected chi connectivity index (χ4v) is 1.63. The van der Waals surface area contributed by atoms with Crippen LogP contribution in [0.5, 0.6) is 0 Å². The van der Waals surface area contributed by atoms with Gasteiger partial charge >= 0.3 is 0 Å². The lowest BCUT2D eigenvalue weighted by Gasteiger charge is -2.11. The monoisotopic (exact) mass is 192 g/mol. The van der Waals surface area contributed by atoms with Crippen molar-refractivity contribution in [2.24, 2.45) is 0 Å². The lowest BCUT2D eigenvalue weighted by molar-refractivity contribution is -0.118. The summed E-state index contributed by atoms with van der Waals surface area (Å²) in [7, 11) is 0. The lowest BCUT2D eigenvalue weighted by atomic mass is 9.97. The van der Waals surface area contributed by atoms with E-state index in [-0.39, 0.29) is 11.7 Å². The Morgan fingerprint density at radius 3 is 2.50 bits per heavy atom. The Bertz CT molecular complexity index is 327. The van der Waals surface area contributed by atoms with Crippen molar-refractivity contribution in [2.45, 2.75) is 40.0 Å². The van der Waals surface area contributed by atoms with Crippen LogP contribution >= 0.6 is 0 Å². The number of ketones is 1. The standard InChI is InChI=1S/C11H16N2O/c1-5-10(8(3)14)11-6-7(2)12-9(4)13-11/h6,10H,5H2,1-4H3. The van der Waals surface area contributed by atoms with E-state index in [1.807, 2.05) is 26.8 Å². The van der Waals surface area contributed by atoms with Gasteiger partial charge in [0.2, 0.25) is 0 Å². The molecule has 14 heavy (non-hydrogen) atoms. The molecule has 0 saturated heterocycles. The summed E-state index contributed by atoms with van der Waals surface area (Å²) in [6, 6.07) is 1.89. The average molecular weight is 192 g/mol. The molecule has 0 N–H and O–H groups in total. The van der Waals surface area contributed by atoms with Crippen LogP contribution in [-0.2, 0) is 4.79 Å². The number of hydrogen-bond donors (Lipinski definition) is 0. The smallest absolute Gasteiger partial charge is 0.138 e. The predicted octanol–water partition coefficient (Wildman–Crippen LogP) is 2.18. The molecule has 0 aromatic carbocycles. The summed E-state index contributed by atoms with van der Waals surface area (Å²) in [5, 5.41) is 0. The fraction of sp³-hybridized carbons (Fsp3) is 0.545. The van der Waals surface area contributed by atoms with Crippen LogP contribution in [0.3, 0.4) is 0 Å². The van der Waals surface area contributed by atoms with Crippen molar-refractivity contribution in [3.63, 3.8) is 0 Å². The zero-order valence-electron chi connectivity index (χ0n) is 9.16. The van der Waals surface area contributed by atoms with E-state index in [0.29, 0.717) is 0 Å². The maximum absolute atomic E-state index is 11.3. The highest BCUT2D eigenvalue weighted by atomic mass is 16.1. The second-order valence-corrected chi connectivity index (χ2v) is 3.55. The van der Waals surface area contributed by atoms with Gasteiger partial charge in [0.05, 0.1) is 11.6 Å². The van der Waals surface area contributed by atoms with E-state index in [4.69, 9.17) is 0 Å². The SMILES string of the molecule is CCC(C(C)=O)c1cc(C)nc(C)n1. The molecule has 1 aromatic rings. The minimum Gasteiger partial charge on any atom is -0.299 e. The average Bonchev–Trinajstić information content (AvgIpc) is 2.02. The summed E-state index contributed by atoms with van der Waals surface area (Å²) in [5.41, 5.74) is 1.78. The van der Waals surface area contributed by atoms with Gasteiger partial charge in [-0.25, -0.2) is 9.97 Å². The summed E-state index contributed by atoms with van der Waals surface area (Å²) in [5.74, 6) is 0.833. The first kappa shape index (κ1) is 10.8. The second-order valence-electron chi connectivity index (χ2n) is 3.55. The predicted molar refractivity (Wildman–Crippen MR) is 55.2 cm³/mol. The van der Waals surface area contributed by atoms with Crippen molar-refractivity contribution in [1.29, 1.82) is 0 Å². The molecule has 1 aromatic heterocycles. The van der Waals surface area contributed by atoms with Crippen LogP contribution in [-0.4, -0.2) is 15.8 Å². The van der Waals surface area contributed by atoms with Crippen LogP contribution in [0.1, 0.15) is 43.4 Å². The van der Waals surface area contributed by atoms with Crippen LogP contribution in [0.4, 0.5) is 0 Å². The number of rotatable bonds is 3. The van der Waals surface area contributed by atoms with E-state index in [1.54, 1.807) is 6.92 Å². The van der Waals surface area contributed by atoms with Crippen molar-refractivity contribution < 1.29 is 4.79 Å². The summed E-state index contributed by atoms with van der Waals surface area (Å²) in [4.78, 5) is 19.8. The number of nitrogens with zero attached hydrogens (tertiary/aromatic N) is 2. The molecule has 0 spiro atoms. The van der Waals surface area contributed by atoms with Gasteiger partial charge in [-0.3, -0.25) is 4.79 Å². The van der Waals surface area contributed by atoms with Crippen LogP contribution in [0, 0.1) is 13.8 Å². The highest BCUT2D eigenvalue weighted by Crippen LogP contribution is 2.18. The number of carbonyl (C=O) groups is 1. The van der Waals surface area contributed by atoms with Crippen molar-refractivity contribution >= 4 is 5.78 Å². The van der Waals surface area contributed by atoms with Gasteiger partial charge in [0.1, 0.15) is 11.6 Å². The summed E-state index contributed by atoms with van der Waals surface area (Å²) in [6.45, 7) is 7.38. The van der Waals surface area contributed by atoms with E-state index in [9.17, 15) is 4.79 Å². The second kappa shape index (κ2) is 4.31. The highest BCUT2D eigenvalue weighted by Gasteiger charge is 2.16. The third-order valence-electron chi connectivity index (χ3n) is 2.24. The quantitative estimate of drug-likeness (QED) is 0.737. The summed E-state index contributed by atoms with van der Waals surface area (Å²) < 4.78 is 0. The minimum absolute atomic E-state index is 0.0737. The fourth-order valence-electron chi connectivity index (χ4n) is 1.63. The molecule has 1 rings (SSSR count). The number of Topliss-reactive ketones (excluding diaryl/α,β-unsaturated/α-hetero) is 1. The Balaban J connectivity index is 3.10. The van der Waals surface area contributed by atoms with Gasteiger partial charge in [0.25, 0.3) is 0 Å². The molecule has 1 heterocycles. The third-order valence-corrected chi connectivity index (χ3v) is 2.24. The first-order chi connectivity index (χ1) is 6.54. The number of aryl methyl sites for hydroxylation is 2. The molecule has 0 bridgehead atoms. The molecule has 1 atom stereocenters. The molecular weight excluding hydrogens is 176 g/mol. The molecule has 3 nitrogen and oxygen atoms in total. The molecule has 0 saturated carbocycles. The van der Waals surface area contributed by atoms with Crippen molar-refractivity contribution in [1.82, 2.24) is 9.97 Å². The van der Waals surface area contributed by atoms with Gasteiger partial charge in [-0.05, 0) is 33.3 Å². The summed E-state index contributed by atoms with van der Waals surface area (Å²) >= 11 is 0. The summed E-state index contributed by atoms with van der Waals surface area (Å²) in [6.07, 6.45) is 0.797. The van der Waals surface area contributed by atoms with Crippen molar-refractivity contribution in [3.05, 3.63) is 23.3 Å². The van der Waals surface area contributed by atoms with Gasteiger partial charge in [0.15, 0.2) is 0 Å². The van der Waals surface area contributed by atoms with E-state index >= 15 is 0 Å². The normalized spacial score (nSPS) is 12.6. The number of carbonyl (C=O) groups excluding carboxylic acids is 1. The Morgan fingerprint density at radius 2 is 2.07 bits per heavy atom. The van der Waals surface area contributed by atoms with E-state index < -0.39 is 0 Å². The van der Waals surface area contributed by atoms with Crippen LogP contribution in [0.2, 0.25) is 0 Å². The van der Waals surface area contributed by atoms with Gasteiger partial charge in [0, 0.05) is 5.69 Å². The van der Waals surface area contributed by atoms with Gasteiger partial charge in [-0.2, -0.15) is 0 Å². The van der Waals surface area contributed by atoms with E-state index in [0.717, 1.165) is 23.6 Å². The van der Waals surface area contributed by atoms with Crippen molar-refractivity contribution in [3.8, 4) is 0 Å². The number of aromatic nitrogens is 2.